The third kappa shape index (κ3) is 6.55. The first kappa shape index (κ1) is 32.9. The van der Waals surface area contributed by atoms with Crippen LogP contribution in [0.5, 0.6) is 0 Å². The van der Waals surface area contributed by atoms with Crippen LogP contribution in [0.4, 0.5) is 18.9 Å². The number of benzene rings is 2. The van der Waals surface area contributed by atoms with Crippen LogP contribution < -0.4 is 5.32 Å². The van der Waals surface area contributed by atoms with Gasteiger partial charge in [-0.15, -0.1) is 11.3 Å². The lowest BCUT2D eigenvalue weighted by Crippen LogP contribution is -2.67. The van der Waals surface area contributed by atoms with Crippen molar-refractivity contribution in [3.63, 3.8) is 0 Å². The molecule has 1 aliphatic carbocycles. The number of nitrogens with zero attached hydrogens (tertiary/aromatic N) is 2. The SMILES string of the molecule is O=C(Nc1cc(F)c(CC(=O)C(OC2CCC(C(=O)O)CC2)(N2CCCC2)N2CCC(F)(F)C2)cc1Cl)c1csc2ccccc12. The smallest absolute Gasteiger partial charge is 0.306 e. The van der Waals surface area contributed by atoms with Crippen LogP contribution in [0.25, 0.3) is 10.1 Å². The lowest BCUT2D eigenvalue weighted by Gasteiger charge is -2.48. The number of halogens is 4. The fraction of sp³-hybridized carbons (Fsp3) is 0.485. The van der Waals surface area contributed by atoms with Gasteiger partial charge in [0, 0.05) is 47.9 Å². The zero-order chi connectivity index (χ0) is 32.6. The fourth-order valence-electron chi connectivity index (χ4n) is 6.89. The predicted octanol–water partition coefficient (Wildman–Crippen LogP) is 6.81. The van der Waals surface area contributed by atoms with Crippen molar-refractivity contribution in [3.8, 4) is 0 Å². The second-order valence-electron chi connectivity index (χ2n) is 12.4. The first-order chi connectivity index (χ1) is 22.0. The summed E-state index contributed by atoms with van der Waals surface area (Å²) in [5.41, 5.74) is 0.400. The number of ketones is 1. The highest BCUT2D eigenvalue weighted by Gasteiger charge is 2.57. The Hall–Kier alpha value is -3.03. The lowest BCUT2D eigenvalue weighted by atomic mass is 9.87. The summed E-state index contributed by atoms with van der Waals surface area (Å²) in [6.07, 6.45) is 1.42. The van der Waals surface area contributed by atoms with Crippen molar-refractivity contribution >= 4 is 56.4 Å². The number of rotatable bonds is 10. The summed E-state index contributed by atoms with van der Waals surface area (Å²) in [5.74, 6) is -8.16. The van der Waals surface area contributed by atoms with Crippen LogP contribution in [0.15, 0.2) is 41.8 Å². The van der Waals surface area contributed by atoms with E-state index in [4.69, 9.17) is 16.3 Å². The zero-order valence-corrected chi connectivity index (χ0v) is 26.6. The van der Waals surface area contributed by atoms with Gasteiger partial charge >= 0.3 is 5.97 Å². The maximum absolute atomic E-state index is 15.7. The largest absolute Gasteiger partial charge is 0.481 e. The van der Waals surface area contributed by atoms with E-state index in [0.717, 1.165) is 29.0 Å². The van der Waals surface area contributed by atoms with Crippen LogP contribution in [0.1, 0.15) is 60.9 Å². The number of hydrogen-bond donors (Lipinski definition) is 2. The number of fused-ring (bicyclic) bond motifs is 1. The highest BCUT2D eigenvalue weighted by Crippen LogP contribution is 2.41. The molecule has 2 aliphatic heterocycles. The Kier molecular flexibility index (Phi) is 9.46. The average molecular weight is 678 g/mol. The molecule has 3 aliphatic rings. The Morgan fingerprint density at radius 1 is 1.07 bits per heavy atom. The number of nitrogens with one attached hydrogen (secondary N) is 1. The van der Waals surface area contributed by atoms with Crippen LogP contribution >= 0.6 is 22.9 Å². The van der Waals surface area contributed by atoms with E-state index < -0.39 is 66.7 Å². The summed E-state index contributed by atoms with van der Waals surface area (Å²) in [7, 11) is 0. The number of aliphatic carboxylic acids is 1. The van der Waals surface area contributed by atoms with Gasteiger partial charge in [0.15, 0.2) is 5.78 Å². The summed E-state index contributed by atoms with van der Waals surface area (Å²) in [4.78, 5) is 42.2. The third-order valence-corrected chi connectivity index (χ3v) is 10.6. The molecule has 3 heterocycles. The van der Waals surface area contributed by atoms with Crippen LogP contribution in [-0.2, 0) is 20.7 Å². The number of likely N-dealkylation sites (tertiary alicyclic amines) is 2. The highest BCUT2D eigenvalue weighted by atomic mass is 35.5. The number of carboxylic acids is 1. The molecule has 13 heteroatoms. The zero-order valence-electron chi connectivity index (χ0n) is 25.1. The summed E-state index contributed by atoms with van der Waals surface area (Å²) in [5, 5.41) is 14.6. The van der Waals surface area contributed by atoms with Gasteiger partial charge in [0.1, 0.15) is 5.82 Å². The molecule has 8 nitrogen and oxygen atoms in total. The monoisotopic (exact) mass is 677 g/mol. The maximum Gasteiger partial charge on any atom is 0.306 e. The van der Waals surface area contributed by atoms with Gasteiger partial charge < -0.3 is 15.2 Å². The van der Waals surface area contributed by atoms with Gasteiger partial charge in [-0.2, -0.15) is 0 Å². The molecule has 1 amide bonds. The van der Waals surface area contributed by atoms with Gasteiger partial charge in [0.05, 0.1) is 34.8 Å². The lowest BCUT2D eigenvalue weighted by molar-refractivity contribution is -0.255. The maximum atomic E-state index is 15.7. The van der Waals surface area contributed by atoms with Gasteiger partial charge in [-0.1, -0.05) is 29.8 Å². The first-order valence-corrected chi connectivity index (χ1v) is 16.8. The highest BCUT2D eigenvalue weighted by molar-refractivity contribution is 7.17. The number of carboxylic acid groups (broad SMARTS) is 1. The van der Waals surface area contributed by atoms with E-state index in [0.29, 0.717) is 44.3 Å². The van der Waals surface area contributed by atoms with Crippen molar-refractivity contribution in [3.05, 3.63) is 63.7 Å². The number of ether oxygens (including phenoxy) is 1. The van der Waals surface area contributed by atoms with E-state index in [1.807, 2.05) is 24.3 Å². The van der Waals surface area contributed by atoms with Crippen LogP contribution in [0, 0.1) is 11.7 Å². The molecule has 0 spiro atoms. The van der Waals surface area contributed by atoms with Gasteiger partial charge in [-0.3, -0.25) is 19.3 Å². The van der Waals surface area contributed by atoms with Crippen molar-refractivity contribution in [1.29, 1.82) is 0 Å². The van der Waals surface area contributed by atoms with Crippen LogP contribution in [0.3, 0.4) is 0 Å². The molecule has 3 aromatic rings. The Morgan fingerprint density at radius 3 is 2.46 bits per heavy atom. The Labute approximate surface area is 273 Å². The van der Waals surface area contributed by atoms with E-state index in [2.05, 4.69) is 5.32 Å². The number of thiophene rings is 1. The molecule has 2 aromatic carbocycles. The van der Waals surface area contributed by atoms with Crippen molar-refractivity contribution in [1.82, 2.24) is 9.80 Å². The van der Waals surface area contributed by atoms with Crippen LogP contribution in [0.2, 0.25) is 5.02 Å². The Bertz CT molecular complexity index is 1640. The second-order valence-corrected chi connectivity index (χ2v) is 13.7. The normalized spacial score (nSPS) is 23.4. The quantitative estimate of drug-likeness (QED) is 0.243. The molecule has 6 rings (SSSR count). The van der Waals surface area contributed by atoms with E-state index >= 15 is 4.39 Å². The van der Waals surface area contributed by atoms with Crippen molar-refractivity contribution < 1.29 is 37.4 Å². The number of anilines is 1. The standard InChI is InChI=1S/C33H35ClF3N3O5S/c34-25-15-21(26(35)17-27(25)38-30(42)24-18-46-28-6-2-1-5-23(24)28)16-29(41)33(39-12-3-4-13-39,40-14-11-32(36,37)19-40)45-22-9-7-20(8-10-22)31(43)44/h1-2,5-6,15,17-18,20,22H,3-4,7-14,16,19H2,(H,38,42)(H,43,44). The van der Waals surface area contributed by atoms with Crippen LogP contribution in [-0.4, -0.2) is 76.6 Å². The number of amides is 1. The van der Waals surface area contributed by atoms with Gasteiger partial charge in [-0.25, -0.2) is 18.1 Å². The molecular formula is C33H35ClF3N3O5S. The average Bonchev–Trinajstić information content (AvgIpc) is 3.79. The Balaban J connectivity index is 1.27. The molecule has 3 fully saturated rings. The Morgan fingerprint density at radius 2 is 1.78 bits per heavy atom. The third-order valence-electron chi connectivity index (χ3n) is 9.31. The van der Waals surface area contributed by atoms with Gasteiger partial charge in [-0.05, 0) is 62.3 Å². The van der Waals surface area contributed by atoms with Crippen molar-refractivity contribution in [2.24, 2.45) is 5.92 Å². The van der Waals surface area contributed by atoms with Crippen molar-refractivity contribution in [2.45, 2.75) is 69.2 Å². The van der Waals surface area contributed by atoms with E-state index in [1.54, 1.807) is 10.3 Å². The molecule has 2 saturated heterocycles. The van der Waals surface area contributed by atoms with Crippen molar-refractivity contribution in [2.75, 3.05) is 31.5 Å². The molecule has 2 N–H and O–H groups in total. The number of hydrogen-bond acceptors (Lipinski definition) is 7. The van der Waals surface area contributed by atoms with Gasteiger partial charge in [0.25, 0.3) is 11.8 Å². The molecule has 1 aromatic heterocycles. The van der Waals surface area contributed by atoms with E-state index in [9.17, 15) is 28.3 Å². The minimum absolute atomic E-state index is 0.0180. The number of Topliss-reactive ketones (excluding diaryl/α,β-unsaturated/α-hetero) is 1. The molecule has 46 heavy (non-hydrogen) atoms. The topological polar surface area (TPSA) is 99.2 Å². The predicted molar refractivity (Wildman–Crippen MR) is 169 cm³/mol. The number of alkyl halides is 2. The molecule has 1 unspecified atom stereocenters. The summed E-state index contributed by atoms with van der Waals surface area (Å²) in [6, 6.07) is 9.75. The second kappa shape index (κ2) is 13.2. The molecule has 246 valence electrons. The van der Waals surface area contributed by atoms with Gasteiger partial charge in [0.2, 0.25) is 5.85 Å². The molecule has 0 bridgehead atoms. The summed E-state index contributed by atoms with van der Waals surface area (Å²) < 4.78 is 52.5. The van der Waals surface area contributed by atoms with E-state index in [-0.39, 0.29) is 22.8 Å². The summed E-state index contributed by atoms with van der Waals surface area (Å²) in [6.45, 7) is 0.0872. The van der Waals surface area contributed by atoms with E-state index in [1.165, 1.54) is 22.3 Å². The molecule has 1 saturated carbocycles. The minimum Gasteiger partial charge on any atom is -0.481 e. The molecule has 1 atom stereocenters. The fourth-order valence-corrected chi connectivity index (χ4v) is 8.07. The number of carbonyl (C=O) groups excluding carboxylic acids is 2. The molecular weight excluding hydrogens is 643 g/mol. The molecule has 0 radical (unpaired) electrons. The summed E-state index contributed by atoms with van der Waals surface area (Å²) >= 11 is 7.93. The number of carbonyl (C=O) groups is 3. The first-order valence-electron chi connectivity index (χ1n) is 15.5. The minimum atomic E-state index is -3.03.